The van der Waals surface area contributed by atoms with Gasteiger partial charge in [-0.3, -0.25) is 0 Å². The Morgan fingerprint density at radius 3 is 2.22 bits per heavy atom. The lowest BCUT2D eigenvalue weighted by atomic mass is 9.61. The number of alkyl halides is 1. The fourth-order valence-corrected chi connectivity index (χ4v) is 3.54. The minimum Gasteiger partial charge on any atom is -0.0823 e. The molecule has 0 nitrogen and oxygen atoms in total. The lowest BCUT2D eigenvalue weighted by Crippen LogP contribution is -2.41. The van der Waals surface area contributed by atoms with Crippen molar-refractivity contribution in [2.45, 2.75) is 30.1 Å². The Morgan fingerprint density at radius 1 is 1.22 bits per heavy atom. The summed E-state index contributed by atoms with van der Waals surface area (Å²) in [6, 6.07) is 0. The predicted molar refractivity (Wildman–Crippen MR) is 47.8 cm³/mol. The highest BCUT2D eigenvalue weighted by molar-refractivity contribution is 14.1. The first kappa shape index (κ1) is 6.44. The zero-order valence-electron chi connectivity index (χ0n) is 5.81. The van der Waals surface area contributed by atoms with E-state index in [1.807, 2.05) is 0 Å². The van der Waals surface area contributed by atoms with Crippen LogP contribution in [0.3, 0.4) is 0 Å². The molecular weight excluding hydrogens is 223 g/mol. The molecule has 3 saturated carbocycles. The summed E-state index contributed by atoms with van der Waals surface area (Å²) in [5.41, 5.74) is 0. The molecule has 0 aromatic carbocycles. The van der Waals surface area contributed by atoms with E-state index in [2.05, 4.69) is 29.5 Å². The molecule has 3 aliphatic carbocycles. The number of fused-ring (bicyclic) bond motifs is 2. The van der Waals surface area contributed by atoms with Crippen molar-refractivity contribution in [3.8, 4) is 0 Å². The zero-order chi connectivity index (χ0) is 6.43. The van der Waals surface area contributed by atoms with E-state index < -0.39 is 0 Å². The number of hydrogen-bond donors (Lipinski definition) is 0. The van der Waals surface area contributed by atoms with Crippen LogP contribution in [0.4, 0.5) is 0 Å². The summed E-state index contributed by atoms with van der Waals surface area (Å²) in [5.74, 6) is 3.27. The van der Waals surface area contributed by atoms with Crippen LogP contribution in [0.25, 0.3) is 0 Å². The van der Waals surface area contributed by atoms with Gasteiger partial charge < -0.3 is 0 Å². The van der Waals surface area contributed by atoms with Crippen molar-refractivity contribution in [2.75, 3.05) is 0 Å². The summed E-state index contributed by atoms with van der Waals surface area (Å²) in [6.07, 6.45) is 4.62. The van der Waals surface area contributed by atoms with Gasteiger partial charge in [0.25, 0.3) is 0 Å². The zero-order valence-corrected chi connectivity index (χ0v) is 7.97. The van der Waals surface area contributed by atoms with Crippen LogP contribution in [0.1, 0.15) is 26.2 Å². The Bertz CT molecular complexity index is 114. The molecule has 0 heterocycles. The third-order valence-electron chi connectivity index (χ3n) is 3.14. The Kier molecular flexibility index (Phi) is 1.51. The van der Waals surface area contributed by atoms with Gasteiger partial charge in [-0.15, -0.1) is 0 Å². The molecule has 0 aromatic rings. The molecule has 0 unspecified atom stereocenters. The largest absolute Gasteiger partial charge is 0.0823 e. The van der Waals surface area contributed by atoms with Gasteiger partial charge in [0.1, 0.15) is 0 Å². The second-order valence-electron chi connectivity index (χ2n) is 3.71. The van der Waals surface area contributed by atoms with Gasteiger partial charge in [-0.25, -0.2) is 0 Å². The van der Waals surface area contributed by atoms with Crippen LogP contribution in [-0.2, 0) is 0 Å². The highest BCUT2D eigenvalue weighted by Gasteiger charge is 2.42. The Morgan fingerprint density at radius 2 is 1.89 bits per heavy atom. The van der Waals surface area contributed by atoms with Crippen LogP contribution in [0.15, 0.2) is 0 Å². The van der Waals surface area contributed by atoms with E-state index >= 15 is 0 Å². The van der Waals surface area contributed by atoms with Crippen LogP contribution in [0.5, 0.6) is 0 Å². The first-order valence-electron chi connectivity index (χ1n) is 3.91. The Hall–Kier alpha value is 0.730. The minimum absolute atomic E-state index is 1.00. The van der Waals surface area contributed by atoms with E-state index in [9.17, 15) is 0 Å². The van der Waals surface area contributed by atoms with Crippen molar-refractivity contribution < 1.29 is 0 Å². The van der Waals surface area contributed by atoms with Crippen molar-refractivity contribution in [3.05, 3.63) is 0 Å². The van der Waals surface area contributed by atoms with Crippen molar-refractivity contribution in [1.29, 1.82) is 0 Å². The van der Waals surface area contributed by atoms with E-state index in [-0.39, 0.29) is 0 Å². The number of halogens is 1. The molecule has 9 heavy (non-hydrogen) atoms. The van der Waals surface area contributed by atoms with Gasteiger partial charge in [0.05, 0.1) is 0 Å². The lowest BCUT2D eigenvalue weighted by Gasteiger charge is -2.48. The first-order chi connectivity index (χ1) is 4.27. The van der Waals surface area contributed by atoms with Gasteiger partial charge in [-0.1, -0.05) is 29.5 Å². The van der Waals surface area contributed by atoms with Crippen LogP contribution < -0.4 is 0 Å². The molecule has 0 aromatic heterocycles. The SMILES string of the molecule is C[C@@H]1C2CC(C2)C[C@H]1I. The molecule has 3 fully saturated rings. The monoisotopic (exact) mass is 236 g/mol. The van der Waals surface area contributed by atoms with E-state index in [4.69, 9.17) is 0 Å². The van der Waals surface area contributed by atoms with E-state index in [0.29, 0.717) is 0 Å². The molecule has 3 aliphatic rings. The lowest BCUT2D eigenvalue weighted by molar-refractivity contribution is 0.0707. The molecule has 0 N–H and O–H groups in total. The quantitative estimate of drug-likeness (QED) is 0.448. The molecule has 0 saturated heterocycles. The second kappa shape index (κ2) is 2.11. The Balaban J connectivity index is 2.04. The summed E-state index contributed by atoms with van der Waals surface area (Å²) in [6.45, 7) is 2.43. The normalized spacial score (nSPS) is 56.7. The summed E-state index contributed by atoms with van der Waals surface area (Å²) in [4.78, 5) is 0. The predicted octanol–water partition coefficient (Wildman–Crippen LogP) is 2.86. The molecule has 0 aliphatic heterocycles. The summed E-state index contributed by atoms with van der Waals surface area (Å²) < 4.78 is 1.00. The molecule has 2 bridgehead atoms. The fraction of sp³-hybridized carbons (Fsp3) is 1.00. The molecule has 2 atom stereocenters. The van der Waals surface area contributed by atoms with Gasteiger partial charge in [-0.05, 0) is 37.0 Å². The fourth-order valence-electron chi connectivity index (χ4n) is 2.24. The summed E-state index contributed by atoms with van der Waals surface area (Å²) in [7, 11) is 0. The third kappa shape index (κ3) is 0.920. The van der Waals surface area contributed by atoms with Gasteiger partial charge >= 0.3 is 0 Å². The summed E-state index contributed by atoms with van der Waals surface area (Å²) >= 11 is 2.63. The average Bonchev–Trinajstić information content (AvgIpc) is 1.72. The molecule has 0 radical (unpaired) electrons. The summed E-state index contributed by atoms with van der Waals surface area (Å²) in [5, 5.41) is 0. The van der Waals surface area contributed by atoms with Crippen molar-refractivity contribution in [3.63, 3.8) is 0 Å². The molecule has 0 spiro atoms. The smallest absolute Gasteiger partial charge is 0.0140 e. The standard InChI is InChI=1S/C8H13I/c1-5-7-2-6(3-7)4-8(5)9/h5-8H,2-4H2,1H3/t5-,6?,7?,8-/m1/s1. The molecule has 52 valence electrons. The second-order valence-corrected chi connectivity index (χ2v) is 5.31. The van der Waals surface area contributed by atoms with Crippen LogP contribution >= 0.6 is 22.6 Å². The maximum atomic E-state index is 2.63. The van der Waals surface area contributed by atoms with Crippen molar-refractivity contribution >= 4 is 22.6 Å². The number of rotatable bonds is 0. The maximum Gasteiger partial charge on any atom is 0.0140 e. The van der Waals surface area contributed by atoms with E-state index in [0.717, 1.165) is 21.7 Å². The first-order valence-corrected chi connectivity index (χ1v) is 5.16. The molecular formula is C8H13I. The van der Waals surface area contributed by atoms with Crippen LogP contribution in [-0.4, -0.2) is 3.92 Å². The molecule has 1 heteroatoms. The van der Waals surface area contributed by atoms with Crippen molar-refractivity contribution in [1.82, 2.24) is 0 Å². The maximum absolute atomic E-state index is 2.63. The van der Waals surface area contributed by atoms with Gasteiger partial charge in [0, 0.05) is 3.92 Å². The Labute approximate surface area is 70.5 Å². The van der Waals surface area contributed by atoms with E-state index in [1.54, 1.807) is 12.8 Å². The van der Waals surface area contributed by atoms with Gasteiger partial charge in [0.15, 0.2) is 0 Å². The number of hydrogen-bond acceptors (Lipinski definition) is 0. The highest BCUT2D eigenvalue weighted by atomic mass is 127. The molecule has 0 amide bonds. The van der Waals surface area contributed by atoms with Crippen molar-refractivity contribution in [2.24, 2.45) is 17.8 Å². The average molecular weight is 236 g/mol. The van der Waals surface area contributed by atoms with Gasteiger partial charge in [0.2, 0.25) is 0 Å². The minimum atomic E-state index is 1.00. The third-order valence-corrected chi connectivity index (χ3v) is 4.79. The van der Waals surface area contributed by atoms with E-state index in [1.165, 1.54) is 6.42 Å². The van der Waals surface area contributed by atoms with Gasteiger partial charge in [-0.2, -0.15) is 0 Å². The molecule has 3 rings (SSSR count). The van der Waals surface area contributed by atoms with Crippen LogP contribution in [0, 0.1) is 17.8 Å². The highest BCUT2D eigenvalue weighted by Crippen LogP contribution is 2.51. The topological polar surface area (TPSA) is 0 Å². The van der Waals surface area contributed by atoms with Crippen LogP contribution in [0.2, 0.25) is 0 Å².